The lowest BCUT2D eigenvalue weighted by atomic mass is 10.1. The fourth-order valence-electron chi connectivity index (χ4n) is 2.09. The van der Waals surface area contributed by atoms with Gasteiger partial charge in [0.1, 0.15) is 10.0 Å². The van der Waals surface area contributed by atoms with Gasteiger partial charge < -0.3 is 10.1 Å². The van der Waals surface area contributed by atoms with Crippen molar-refractivity contribution in [1.29, 1.82) is 0 Å². The Morgan fingerprint density at radius 3 is 3.12 bits per heavy atom. The monoisotopic (exact) mass is 255 g/mol. The Morgan fingerprint density at radius 2 is 2.41 bits per heavy atom. The fraction of sp³-hybridized carbons (Fsp3) is 0.833. The highest BCUT2D eigenvalue weighted by atomic mass is 32.1. The van der Waals surface area contributed by atoms with Crippen LogP contribution in [0.25, 0.3) is 0 Å². The minimum atomic E-state index is 0.314. The first-order chi connectivity index (χ1) is 8.29. The van der Waals surface area contributed by atoms with Crippen LogP contribution in [0.1, 0.15) is 49.2 Å². The molecule has 0 bridgehead atoms. The zero-order chi connectivity index (χ0) is 12.1. The summed E-state index contributed by atoms with van der Waals surface area (Å²) in [6.45, 7) is 6.14. The van der Waals surface area contributed by atoms with Gasteiger partial charge in [-0.25, -0.2) is 0 Å². The zero-order valence-electron chi connectivity index (χ0n) is 10.6. The predicted octanol–water partition coefficient (Wildman–Crippen LogP) is 2.32. The molecular weight excluding hydrogens is 234 g/mol. The van der Waals surface area contributed by atoms with Gasteiger partial charge in [0.05, 0.1) is 12.1 Å². The standard InChI is InChI=1S/C12H21N3OS/c1-3-13-9(2)12-15-14-11(17-12)7-6-10-5-4-8-16-10/h9-10,13H,3-8H2,1-2H3. The molecule has 1 saturated heterocycles. The van der Waals surface area contributed by atoms with E-state index in [9.17, 15) is 0 Å². The van der Waals surface area contributed by atoms with Crippen LogP contribution in [0, 0.1) is 0 Å². The molecule has 2 rings (SSSR count). The van der Waals surface area contributed by atoms with Crippen molar-refractivity contribution in [2.45, 2.75) is 51.7 Å². The highest BCUT2D eigenvalue weighted by Gasteiger charge is 2.17. The molecule has 96 valence electrons. The van der Waals surface area contributed by atoms with E-state index in [2.05, 4.69) is 29.4 Å². The second-order valence-corrected chi connectivity index (χ2v) is 5.58. The average Bonchev–Trinajstić information content (AvgIpc) is 2.98. The Labute approximate surface area is 107 Å². The summed E-state index contributed by atoms with van der Waals surface area (Å²) in [6.07, 6.45) is 4.96. The summed E-state index contributed by atoms with van der Waals surface area (Å²) in [5.74, 6) is 0. The van der Waals surface area contributed by atoms with Crippen molar-refractivity contribution in [2.75, 3.05) is 13.2 Å². The van der Waals surface area contributed by atoms with Crippen LogP contribution in [-0.2, 0) is 11.2 Å². The maximum Gasteiger partial charge on any atom is 0.134 e. The smallest absolute Gasteiger partial charge is 0.134 e. The molecule has 2 atom stereocenters. The van der Waals surface area contributed by atoms with Crippen molar-refractivity contribution in [3.8, 4) is 0 Å². The van der Waals surface area contributed by atoms with Crippen molar-refractivity contribution in [3.63, 3.8) is 0 Å². The van der Waals surface area contributed by atoms with Crippen LogP contribution in [0.2, 0.25) is 0 Å². The third-order valence-corrected chi connectivity index (χ3v) is 4.23. The number of ether oxygens (including phenoxy) is 1. The quantitative estimate of drug-likeness (QED) is 0.847. The third-order valence-electron chi connectivity index (χ3n) is 3.07. The lowest BCUT2D eigenvalue weighted by Gasteiger charge is -2.07. The fourth-order valence-corrected chi connectivity index (χ4v) is 2.98. The third kappa shape index (κ3) is 3.72. The Hall–Kier alpha value is -0.520. The number of hydrogen-bond acceptors (Lipinski definition) is 5. The summed E-state index contributed by atoms with van der Waals surface area (Å²) in [5.41, 5.74) is 0. The van der Waals surface area contributed by atoms with Crippen LogP contribution in [0.4, 0.5) is 0 Å². The van der Waals surface area contributed by atoms with Crippen molar-refractivity contribution >= 4 is 11.3 Å². The maximum absolute atomic E-state index is 5.61. The van der Waals surface area contributed by atoms with Gasteiger partial charge in [-0.15, -0.1) is 10.2 Å². The molecule has 0 spiro atoms. The minimum absolute atomic E-state index is 0.314. The van der Waals surface area contributed by atoms with Gasteiger partial charge >= 0.3 is 0 Å². The van der Waals surface area contributed by atoms with Gasteiger partial charge in [-0.3, -0.25) is 0 Å². The van der Waals surface area contributed by atoms with E-state index in [0.29, 0.717) is 12.1 Å². The van der Waals surface area contributed by atoms with E-state index < -0.39 is 0 Å². The van der Waals surface area contributed by atoms with E-state index >= 15 is 0 Å². The Kier molecular flexibility index (Phi) is 4.88. The largest absolute Gasteiger partial charge is 0.378 e. The zero-order valence-corrected chi connectivity index (χ0v) is 11.4. The molecule has 0 amide bonds. The highest BCUT2D eigenvalue weighted by molar-refractivity contribution is 7.11. The topological polar surface area (TPSA) is 47.0 Å². The van der Waals surface area contributed by atoms with Crippen molar-refractivity contribution < 1.29 is 4.74 Å². The minimum Gasteiger partial charge on any atom is -0.378 e. The molecule has 2 heterocycles. The van der Waals surface area contributed by atoms with E-state index in [0.717, 1.165) is 36.0 Å². The molecule has 5 heteroatoms. The first kappa shape index (κ1) is 12.9. The molecule has 1 aromatic rings. The molecule has 0 saturated carbocycles. The lowest BCUT2D eigenvalue weighted by Crippen LogP contribution is -2.17. The van der Waals surface area contributed by atoms with Gasteiger partial charge in [-0.1, -0.05) is 18.3 Å². The molecule has 17 heavy (non-hydrogen) atoms. The Bertz CT molecular complexity index is 336. The van der Waals surface area contributed by atoms with E-state index in [4.69, 9.17) is 4.74 Å². The molecule has 1 fully saturated rings. The molecule has 1 aliphatic rings. The first-order valence-electron chi connectivity index (χ1n) is 6.47. The summed E-state index contributed by atoms with van der Waals surface area (Å²) in [6, 6.07) is 0.314. The Balaban J connectivity index is 1.80. The molecule has 4 nitrogen and oxygen atoms in total. The summed E-state index contributed by atoms with van der Waals surface area (Å²) in [4.78, 5) is 0. The van der Waals surface area contributed by atoms with Crippen LogP contribution >= 0.6 is 11.3 Å². The maximum atomic E-state index is 5.61. The lowest BCUT2D eigenvalue weighted by molar-refractivity contribution is 0.104. The van der Waals surface area contributed by atoms with E-state index in [1.54, 1.807) is 11.3 Å². The van der Waals surface area contributed by atoms with Crippen LogP contribution in [-0.4, -0.2) is 29.5 Å². The van der Waals surface area contributed by atoms with E-state index in [1.165, 1.54) is 12.8 Å². The van der Waals surface area contributed by atoms with Crippen molar-refractivity contribution in [3.05, 3.63) is 10.0 Å². The number of aromatic nitrogens is 2. The molecular formula is C12H21N3OS. The number of nitrogens with one attached hydrogen (secondary N) is 1. The number of nitrogens with zero attached hydrogens (tertiary/aromatic N) is 2. The Morgan fingerprint density at radius 1 is 1.53 bits per heavy atom. The van der Waals surface area contributed by atoms with Crippen LogP contribution in [0.15, 0.2) is 0 Å². The van der Waals surface area contributed by atoms with Gasteiger partial charge in [0, 0.05) is 13.0 Å². The number of rotatable bonds is 6. The van der Waals surface area contributed by atoms with E-state index in [-0.39, 0.29) is 0 Å². The molecule has 1 N–H and O–H groups in total. The predicted molar refractivity (Wildman–Crippen MR) is 69.3 cm³/mol. The highest BCUT2D eigenvalue weighted by Crippen LogP contribution is 2.21. The molecule has 2 unspecified atom stereocenters. The second-order valence-electron chi connectivity index (χ2n) is 4.49. The second kappa shape index (κ2) is 6.42. The van der Waals surface area contributed by atoms with Gasteiger partial charge in [0.25, 0.3) is 0 Å². The van der Waals surface area contributed by atoms with E-state index in [1.807, 2.05) is 0 Å². The van der Waals surface area contributed by atoms with Crippen LogP contribution < -0.4 is 5.32 Å². The molecule has 0 radical (unpaired) electrons. The molecule has 1 aromatic heterocycles. The summed E-state index contributed by atoms with van der Waals surface area (Å²) in [7, 11) is 0. The number of aryl methyl sites for hydroxylation is 1. The first-order valence-corrected chi connectivity index (χ1v) is 7.28. The van der Waals surface area contributed by atoms with Crippen molar-refractivity contribution in [2.24, 2.45) is 0 Å². The SMILES string of the molecule is CCNC(C)c1nnc(CCC2CCCO2)s1. The van der Waals surface area contributed by atoms with Gasteiger partial charge in [0.15, 0.2) is 0 Å². The van der Waals surface area contributed by atoms with Gasteiger partial charge in [-0.2, -0.15) is 0 Å². The summed E-state index contributed by atoms with van der Waals surface area (Å²) in [5, 5.41) is 14.1. The number of hydrogen-bond donors (Lipinski definition) is 1. The molecule has 0 aromatic carbocycles. The van der Waals surface area contributed by atoms with Crippen LogP contribution in [0.5, 0.6) is 0 Å². The summed E-state index contributed by atoms with van der Waals surface area (Å²) < 4.78 is 5.61. The normalized spacial score (nSPS) is 21.9. The average molecular weight is 255 g/mol. The van der Waals surface area contributed by atoms with Crippen LogP contribution in [0.3, 0.4) is 0 Å². The summed E-state index contributed by atoms with van der Waals surface area (Å²) >= 11 is 1.72. The van der Waals surface area contributed by atoms with Gasteiger partial charge in [0.2, 0.25) is 0 Å². The molecule has 1 aliphatic heterocycles. The van der Waals surface area contributed by atoms with Crippen molar-refractivity contribution in [1.82, 2.24) is 15.5 Å². The van der Waals surface area contributed by atoms with Gasteiger partial charge in [-0.05, 0) is 32.7 Å². The molecule has 0 aliphatic carbocycles.